The fraction of sp³-hybridized carbons (Fsp3) is 0.278. The average molecular weight is 360 g/mol. The van der Waals surface area contributed by atoms with Crippen molar-refractivity contribution in [2.45, 2.75) is 12.8 Å². The van der Waals surface area contributed by atoms with Crippen LogP contribution in [0.25, 0.3) is 0 Å². The molecular weight excluding hydrogens is 342 g/mol. The normalized spacial score (nSPS) is 17.8. The monoisotopic (exact) mass is 359 g/mol. The maximum atomic E-state index is 12.6. The second-order valence-corrected chi connectivity index (χ2v) is 6.42. The molecule has 1 aliphatic heterocycles. The summed E-state index contributed by atoms with van der Waals surface area (Å²) in [5.41, 5.74) is 2.12. The SMILES string of the molecule is COc1cccc(CC2CCN(c3ccc(Br)cc3)C2=O)c1. The number of hydrogen-bond acceptors (Lipinski definition) is 2. The smallest absolute Gasteiger partial charge is 0.230 e. The molecule has 22 heavy (non-hydrogen) atoms. The third kappa shape index (κ3) is 3.17. The number of amides is 1. The van der Waals surface area contributed by atoms with Crippen molar-refractivity contribution in [2.24, 2.45) is 5.92 Å². The first-order valence-electron chi connectivity index (χ1n) is 7.37. The van der Waals surface area contributed by atoms with Gasteiger partial charge in [0.25, 0.3) is 0 Å². The van der Waals surface area contributed by atoms with Crippen molar-refractivity contribution >= 4 is 27.5 Å². The number of rotatable bonds is 4. The summed E-state index contributed by atoms with van der Waals surface area (Å²) in [6, 6.07) is 15.9. The summed E-state index contributed by atoms with van der Waals surface area (Å²) < 4.78 is 6.27. The number of carbonyl (C=O) groups is 1. The van der Waals surface area contributed by atoms with E-state index in [1.807, 2.05) is 47.4 Å². The molecule has 0 radical (unpaired) electrons. The minimum absolute atomic E-state index is 0.0516. The van der Waals surface area contributed by atoms with Crippen LogP contribution in [0.2, 0.25) is 0 Å². The van der Waals surface area contributed by atoms with Crippen molar-refractivity contribution in [3.63, 3.8) is 0 Å². The van der Waals surface area contributed by atoms with Crippen LogP contribution in [0.5, 0.6) is 5.75 Å². The number of carbonyl (C=O) groups excluding carboxylic acids is 1. The van der Waals surface area contributed by atoms with E-state index in [0.29, 0.717) is 0 Å². The van der Waals surface area contributed by atoms with Crippen molar-refractivity contribution in [3.05, 3.63) is 58.6 Å². The lowest BCUT2D eigenvalue weighted by atomic mass is 9.98. The molecule has 3 nitrogen and oxygen atoms in total. The third-order valence-electron chi connectivity index (χ3n) is 4.07. The van der Waals surface area contributed by atoms with Crippen LogP contribution in [0.3, 0.4) is 0 Å². The Labute approximate surface area is 139 Å². The first kappa shape index (κ1) is 15.1. The molecule has 0 saturated carbocycles. The van der Waals surface area contributed by atoms with Crippen LogP contribution in [0.4, 0.5) is 5.69 Å². The fourth-order valence-electron chi connectivity index (χ4n) is 2.89. The summed E-state index contributed by atoms with van der Waals surface area (Å²) >= 11 is 3.42. The van der Waals surface area contributed by atoms with E-state index < -0.39 is 0 Å². The van der Waals surface area contributed by atoms with E-state index in [2.05, 4.69) is 22.0 Å². The molecule has 0 aliphatic carbocycles. The summed E-state index contributed by atoms with van der Waals surface area (Å²) in [5.74, 6) is 1.11. The Kier molecular flexibility index (Phi) is 4.48. The van der Waals surface area contributed by atoms with Crippen LogP contribution in [0.15, 0.2) is 53.0 Å². The van der Waals surface area contributed by atoms with Crippen LogP contribution in [-0.4, -0.2) is 19.6 Å². The summed E-state index contributed by atoms with van der Waals surface area (Å²) in [6.07, 6.45) is 1.66. The number of nitrogens with zero attached hydrogens (tertiary/aromatic N) is 1. The lowest BCUT2D eigenvalue weighted by Gasteiger charge is -2.17. The summed E-state index contributed by atoms with van der Waals surface area (Å²) in [6.45, 7) is 0.787. The lowest BCUT2D eigenvalue weighted by Crippen LogP contribution is -2.27. The molecule has 1 atom stereocenters. The van der Waals surface area contributed by atoms with Crippen LogP contribution in [-0.2, 0) is 11.2 Å². The molecule has 1 saturated heterocycles. The van der Waals surface area contributed by atoms with Crippen molar-refractivity contribution in [3.8, 4) is 5.75 Å². The Hall–Kier alpha value is -1.81. The van der Waals surface area contributed by atoms with Crippen molar-refractivity contribution in [2.75, 3.05) is 18.6 Å². The van der Waals surface area contributed by atoms with Crippen molar-refractivity contribution in [1.29, 1.82) is 0 Å². The number of ether oxygens (including phenoxy) is 1. The summed E-state index contributed by atoms with van der Waals surface area (Å²) in [5, 5.41) is 0. The minimum atomic E-state index is 0.0516. The largest absolute Gasteiger partial charge is 0.497 e. The van der Waals surface area contributed by atoms with Crippen LogP contribution >= 0.6 is 15.9 Å². The minimum Gasteiger partial charge on any atom is -0.497 e. The standard InChI is InChI=1S/C18H18BrNO2/c1-22-17-4-2-3-13(12-17)11-14-9-10-20(18(14)21)16-7-5-15(19)6-8-16/h2-8,12,14H,9-11H2,1H3. The van der Waals surface area contributed by atoms with Crippen LogP contribution < -0.4 is 9.64 Å². The van der Waals surface area contributed by atoms with Crippen molar-refractivity contribution < 1.29 is 9.53 Å². The van der Waals surface area contributed by atoms with Gasteiger partial charge in [-0.25, -0.2) is 0 Å². The quantitative estimate of drug-likeness (QED) is 0.823. The van der Waals surface area contributed by atoms with E-state index in [1.165, 1.54) is 0 Å². The zero-order valence-corrected chi connectivity index (χ0v) is 14.0. The topological polar surface area (TPSA) is 29.5 Å². The predicted octanol–water partition coefficient (Wildman–Crippen LogP) is 4.05. The van der Waals surface area contributed by atoms with Crippen LogP contribution in [0, 0.1) is 5.92 Å². The first-order chi connectivity index (χ1) is 10.7. The average Bonchev–Trinajstić information content (AvgIpc) is 2.89. The molecule has 3 rings (SSSR count). The third-order valence-corrected chi connectivity index (χ3v) is 4.60. The number of anilines is 1. The van der Waals surface area contributed by atoms with E-state index >= 15 is 0 Å². The van der Waals surface area contributed by atoms with Gasteiger partial charge in [-0.05, 0) is 54.8 Å². The second-order valence-electron chi connectivity index (χ2n) is 5.51. The van der Waals surface area contributed by atoms with Gasteiger partial charge in [-0.15, -0.1) is 0 Å². The Bertz CT molecular complexity index is 669. The predicted molar refractivity (Wildman–Crippen MR) is 91.3 cm³/mol. The lowest BCUT2D eigenvalue weighted by molar-refractivity contribution is -0.120. The number of halogens is 1. The molecule has 2 aromatic rings. The molecule has 1 fully saturated rings. The molecule has 4 heteroatoms. The van der Waals surface area contributed by atoms with Gasteiger partial charge in [0, 0.05) is 22.6 Å². The Morgan fingerprint density at radius 3 is 2.73 bits per heavy atom. The Balaban J connectivity index is 1.72. The molecule has 0 N–H and O–H groups in total. The Morgan fingerprint density at radius 1 is 1.23 bits per heavy atom. The van der Waals surface area contributed by atoms with Gasteiger partial charge in [-0.1, -0.05) is 28.1 Å². The molecule has 0 aromatic heterocycles. The van der Waals surface area contributed by atoms with Gasteiger partial charge in [0.05, 0.1) is 7.11 Å². The van der Waals surface area contributed by atoms with E-state index in [-0.39, 0.29) is 11.8 Å². The highest BCUT2D eigenvalue weighted by atomic mass is 79.9. The number of hydrogen-bond donors (Lipinski definition) is 0. The fourth-order valence-corrected chi connectivity index (χ4v) is 3.15. The van der Waals surface area contributed by atoms with Gasteiger partial charge in [0.15, 0.2) is 0 Å². The molecular formula is C18H18BrNO2. The highest BCUT2D eigenvalue weighted by Gasteiger charge is 2.32. The highest BCUT2D eigenvalue weighted by Crippen LogP contribution is 2.29. The molecule has 1 heterocycles. The van der Waals surface area contributed by atoms with Gasteiger partial charge in [-0.2, -0.15) is 0 Å². The molecule has 1 amide bonds. The maximum absolute atomic E-state index is 12.6. The van der Waals surface area contributed by atoms with Gasteiger partial charge in [0.2, 0.25) is 5.91 Å². The van der Waals surface area contributed by atoms with Gasteiger partial charge in [0.1, 0.15) is 5.75 Å². The van der Waals surface area contributed by atoms with Crippen molar-refractivity contribution in [1.82, 2.24) is 0 Å². The maximum Gasteiger partial charge on any atom is 0.230 e. The van der Waals surface area contributed by atoms with E-state index in [0.717, 1.165) is 40.9 Å². The molecule has 114 valence electrons. The second kappa shape index (κ2) is 6.53. The number of benzene rings is 2. The summed E-state index contributed by atoms with van der Waals surface area (Å²) in [4.78, 5) is 14.5. The molecule has 1 aliphatic rings. The number of methoxy groups -OCH3 is 1. The first-order valence-corrected chi connectivity index (χ1v) is 8.16. The van der Waals surface area contributed by atoms with E-state index in [9.17, 15) is 4.79 Å². The van der Waals surface area contributed by atoms with Crippen LogP contribution in [0.1, 0.15) is 12.0 Å². The zero-order chi connectivity index (χ0) is 15.5. The zero-order valence-electron chi connectivity index (χ0n) is 12.5. The molecule has 0 bridgehead atoms. The van der Waals surface area contributed by atoms with E-state index in [4.69, 9.17) is 4.74 Å². The molecule has 2 aromatic carbocycles. The summed E-state index contributed by atoms with van der Waals surface area (Å²) in [7, 11) is 1.66. The van der Waals surface area contributed by atoms with Gasteiger partial charge >= 0.3 is 0 Å². The molecule has 1 unspecified atom stereocenters. The van der Waals surface area contributed by atoms with Gasteiger partial charge < -0.3 is 9.64 Å². The Morgan fingerprint density at radius 2 is 2.00 bits per heavy atom. The highest BCUT2D eigenvalue weighted by molar-refractivity contribution is 9.10. The molecule has 0 spiro atoms. The van der Waals surface area contributed by atoms with Gasteiger partial charge in [-0.3, -0.25) is 4.79 Å². The van der Waals surface area contributed by atoms with E-state index in [1.54, 1.807) is 7.11 Å².